The summed E-state index contributed by atoms with van der Waals surface area (Å²) in [6, 6.07) is 8.20. The normalized spacial score (nSPS) is 17.7. The third kappa shape index (κ3) is 3.44. The predicted molar refractivity (Wildman–Crippen MR) is 93.0 cm³/mol. The number of carbonyl (C=O) groups is 1. The fraction of sp³-hybridized carbons (Fsp3) is 0.444. The average molecular weight is 330 g/mol. The Bertz CT molecular complexity index is 691. The summed E-state index contributed by atoms with van der Waals surface area (Å²) in [5, 5.41) is 4.49. The van der Waals surface area contributed by atoms with E-state index in [0.29, 0.717) is 18.1 Å². The van der Waals surface area contributed by atoms with Gasteiger partial charge in [0.15, 0.2) is 0 Å². The maximum absolute atomic E-state index is 12.8. The van der Waals surface area contributed by atoms with Gasteiger partial charge >= 0.3 is 0 Å². The Hall–Kier alpha value is -1.75. The van der Waals surface area contributed by atoms with Crippen molar-refractivity contribution in [3.63, 3.8) is 0 Å². The molecule has 0 fully saturated rings. The molecule has 5 heteroatoms. The minimum Gasteiger partial charge on any atom is -0.361 e. The molecule has 1 aromatic carbocycles. The van der Waals surface area contributed by atoms with Crippen LogP contribution in [0.25, 0.3) is 0 Å². The summed E-state index contributed by atoms with van der Waals surface area (Å²) in [5.74, 6) is 0.989. The van der Waals surface area contributed by atoms with Gasteiger partial charge in [-0.3, -0.25) is 4.79 Å². The molecule has 0 aliphatic carbocycles. The van der Waals surface area contributed by atoms with Crippen LogP contribution in [0.4, 0.5) is 5.69 Å². The number of nitrogens with zero attached hydrogens (tertiary/aromatic N) is 2. The molecule has 1 aliphatic rings. The van der Waals surface area contributed by atoms with E-state index in [1.54, 1.807) is 0 Å². The molecular formula is C18H22N2O2S. The Morgan fingerprint density at radius 2 is 2.17 bits per heavy atom. The Balaban J connectivity index is 1.77. The molecule has 1 unspecified atom stereocenters. The molecule has 0 spiro atoms. The quantitative estimate of drug-likeness (QED) is 0.848. The first kappa shape index (κ1) is 16.1. The maximum Gasteiger partial charge on any atom is 0.227 e. The number of rotatable bonds is 3. The molecule has 122 valence electrons. The van der Waals surface area contributed by atoms with E-state index in [9.17, 15) is 4.79 Å². The molecule has 0 saturated carbocycles. The molecule has 1 aromatic heterocycles. The minimum atomic E-state index is 0.173. The molecule has 0 bridgehead atoms. The Labute approximate surface area is 141 Å². The zero-order valence-electron chi connectivity index (χ0n) is 13.8. The Kier molecular flexibility index (Phi) is 4.76. The van der Waals surface area contributed by atoms with Gasteiger partial charge in [0.05, 0.1) is 11.4 Å². The predicted octanol–water partition coefficient (Wildman–Crippen LogP) is 4.14. The van der Waals surface area contributed by atoms with Crippen LogP contribution in [0.15, 0.2) is 33.7 Å². The van der Waals surface area contributed by atoms with E-state index in [0.717, 1.165) is 35.7 Å². The summed E-state index contributed by atoms with van der Waals surface area (Å²) >= 11 is 1.86. The van der Waals surface area contributed by atoms with Crippen molar-refractivity contribution in [2.45, 2.75) is 50.2 Å². The smallest absolute Gasteiger partial charge is 0.227 e. The fourth-order valence-electron chi connectivity index (χ4n) is 2.97. The van der Waals surface area contributed by atoms with Gasteiger partial charge in [-0.2, -0.15) is 0 Å². The second-order valence-corrected chi connectivity index (χ2v) is 7.51. The first-order chi connectivity index (χ1) is 11.1. The van der Waals surface area contributed by atoms with Crippen LogP contribution >= 0.6 is 11.8 Å². The number of aromatic nitrogens is 1. The van der Waals surface area contributed by atoms with Crippen LogP contribution in [0.3, 0.4) is 0 Å². The number of thioether (sulfide) groups is 1. The van der Waals surface area contributed by atoms with Crippen LogP contribution < -0.4 is 4.90 Å². The fourth-order valence-corrected chi connectivity index (χ4v) is 4.08. The van der Waals surface area contributed by atoms with Crippen LogP contribution in [0, 0.1) is 13.8 Å². The molecule has 4 nitrogen and oxygen atoms in total. The van der Waals surface area contributed by atoms with Gasteiger partial charge in [0.25, 0.3) is 0 Å². The molecular weight excluding hydrogens is 308 g/mol. The molecule has 0 N–H and O–H groups in total. The number of amides is 1. The van der Waals surface area contributed by atoms with Gasteiger partial charge in [-0.15, -0.1) is 11.8 Å². The summed E-state index contributed by atoms with van der Waals surface area (Å²) in [4.78, 5) is 15.9. The van der Waals surface area contributed by atoms with E-state index in [-0.39, 0.29) is 5.91 Å². The molecule has 2 heterocycles. The third-order valence-corrected chi connectivity index (χ3v) is 5.55. The number of benzene rings is 1. The molecule has 1 aliphatic heterocycles. The van der Waals surface area contributed by atoms with Gasteiger partial charge in [-0.05, 0) is 38.8 Å². The largest absolute Gasteiger partial charge is 0.361 e. The first-order valence-electron chi connectivity index (χ1n) is 8.04. The summed E-state index contributed by atoms with van der Waals surface area (Å²) in [5.41, 5.74) is 2.99. The zero-order chi connectivity index (χ0) is 16.4. The van der Waals surface area contributed by atoms with E-state index in [4.69, 9.17) is 4.52 Å². The highest BCUT2D eigenvalue weighted by molar-refractivity contribution is 8.00. The number of para-hydroxylation sites is 1. The molecule has 2 aromatic rings. The lowest BCUT2D eigenvalue weighted by Gasteiger charge is -2.22. The number of hydrogen-bond acceptors (Lipinski definition) is 4. The van der Waals surface area contributed by atoms with Crippen LogP contribution in [-0.4, -0.2) is 22.9 Å². The number of anilines is 1. The number of hydrogen-bond donors (Lipinski definition) is 0. The summed E-state index contributed by atoms with van der Waals surface area (Å²) in [6.45, 7) is 6.83. The molecule has 1 amide bonds. The number of aryl methyl sites for hydroxylation is 2. The Morgan fingerprint density at radius 3 is 2.91 bits per heavy atom. The SMILES string of the molecule is Cc1noc(C)c1CCC(=O)N1CCC(C)Sc2ccccc21. The van der Waals surface area contributed by atoms with Gasteiger partial charge in [-0.25, -0.2) is 0 Å². The highest BCUT2D eigenvalue weighted by Gasteiger charge is 2.24. The van der Waals surface area contributed by atoms with Crippen molar-refractivity contribution in [1.29, 1.82) is 0 Å². The van der Waals surface area contributed by atoms with Crippen LogP contribution in [0.1, 0.15) is 36.8 Å². The molecule has 23 heavy (non-hydrogen) atoms. The van der Waals surface area contributed by atoms with Gasteiger partial charge < -0.3 is 9.42 Å². The summed E-state index contributed by atoms with van der Waals surface area (Å²) in [6.07, 6.45) is 2.17. The van der Waals surface area contributed by atoms with Crippen molar-refractivity contribution < 1.29 is 9.32 Å². The van der Waals surface area contributed by atoms with E-state index in [1.165, 1.54) is 4.90 Å². The lowest BCUT2D eigenvalue weighted by atomic mass is 10.1. The second kappa shape index (κ2) is 6.79. The third-order valence-electron chi connectivity index (χ3n) is 4.31. The summed E-state index contributed by atoms with van der Waals surface area (Å²) in [7, 11) is 0. The minimum absolute atomic E-state index is 0.173. The standard InChI is InChI=1S/C18H22N2O2S/c1-12-10-11-20(16-6-4-5-7-17(16)23-12)18(21)9-8-15-13(2)19-22-14(15)3/h4-7,12H,8-11H2,1-3H3. The van der Waals surface area contributed by atoms with E-state index < -0.39 is 0 Å². The topological polar surface area (TPSA) is 46.3 Å². The lowest BCUT2D eigenvalue weighted by Crippen LogP contribution is -2.32. The van der Waals surface area contributed by atoms with Crippen molar-refractivity contribution in [2.24, 2.45) is 0 Å². The van der Waals surface area contributed by atoms with E-state index in [2.05, 4.69) is 18.1 Å². The van der Waals surface area contributed by atoms with Crippen molar-refractivity contribution >= 4 is 23.4 Å². The maximum atomic E-state index is 12.8. The van der Waals surface area contributed by atoms with Gasteiger partial charge in [0.1, 0.15) is 5.76 Å². The van der Waals surface area contributed by atoms with Gasteiger partial charge in [0, 0.05) is 28.7 Å². The van der Waals surface area contributed by atoms with Crippen molar-refractivity contribution in [3.05, 3.63) is 41.3 Å². The highest BCUT2D eigenvalue weighted by atomic mass is 32.2. The zero-order valence-corrected chi connectivity index (χ0v) is 14.7. The highest BCUT2D eigenvalue weighted by Crippen LogP contribution is 2.37. The van der Waals surface area contributed by atoms with Crippen LogP contribution in [0.5, 0.6) is 0 Å². The van der Waals surface area contributed by atoms with E-state index in [1.807, 2.05) is 48.7 Å². The molecule has 0 radical (unpaired) electrons. The van der Waals surface area contributed by atoms with Gasteiger partial charge in [0.2, 0.25) is 5.91 Å². The number of fused-ring (bicyclic) bond motifs is 1. The van der Waals surface area contributed by atoms with Crippen LogP contribution in [-0.2, 0) is 11.2 Å². The molecule has 0 saturated heterocycles. The summed E-state index contributed by atoms with van der Waals surface area (Å²) < 4.78 is 5.19. The lowest BCUT2D eigenvalue weighted by molar-refractivity contribution is -0.118. The van der Waals surface area contributed by atoms with Crippen molar-refractivity contribution in [1.82, 2.24) is 5.16 Å². The first-order valence-corrected chi connectivity index (χ1v) is 8.92. The second-order valence-electron chi connectivity index (χ2n) is 6.03. The van der Waals surface area contributed by atoms with Crippen molar-refractivity contribution in [3.8, 4) is 0 Å². The van der Waals surface area contributed by atoms with Crippen molar-refractivity contribution in [2.75, 3.05) is 11.4 Å². The van der Waals surface area contributed by atoms with Crippen LogP contribution in [0.2, 0.25) is 0 Å². The average Bonchev–Trinajstić information content (AvgIpc) is 2.75. The molecule has 3 rings (SSSR count). The monoisotopic (exact) mass is 330 g/mol. The number of carbonyl (C=O) groups excluding carboxylic acids is 1. The Morgan fingerprint density at radius 1 is 1.39 bits per heavy atom. The van der Waals surface area contributed by atoms with E-state index >= 15 is 0 Å². The van der Waals surface area contributed by atoms with Gasteiger partial charge in [-0.1, -0.05) is 24.2 Å². The molecule has 1 atom stereocenters.